The molecule has 0 aliphatic carbocycles. The largest absolute Gasteiger partial charge is 0.354 e. The Morgan fingerprint density at radius 1 is 1.10 bits per heavy atom. The molecular weight excluding hydrogens is 400 g/mol. The van der Waals surface area contributed by atoms with E-state index in [1.165, 1.54) is 0 Å². The molecule has 3 aromatic rings. The topological polar surface area (TPSA) is 76.0 Å². The number of hydrogen-bond acceptors (Lipinski definition) is 3. The number of nitrogens with one attached hydrogen (secondary N) is 2. The van der Waals surface area contributed by atoms with Crippen molar-refractivity contribution in [3.8, 4) is 11.3 Å². The maximum Gasteiger partial charge on any atom is 0.255 e. The highest BCUT2D eigenvalue weighted by Gasteiger charge is 2.22. The first-order valence-electron chi connectivity index (χ1n) is 9.94. The Morgan fingerprint density at radius 3 is 2.50 bits per heavy atom. The Morgan fingerprint density at radius 2 is 1.80 bits per heavy atom. The standard InChI is InChI=1S/C23H25ClN4O2/c1-3-13-25-22(29)16(2)26-23(30)19-15-28(14-18-11-7-8-12-20(18)24)27-21(19)17-9-5-4-6-10-17/h4-12,15-16H,3,13-14H2,1-2H3,(H,25,29)(H,26,30)/t16-/m1/s1. The molecule has 3 rings (SSSR count). The molecule has 0 saturated heterocycles. The van der Waals surface area contributed by atoms with Crippen LogP contribution in [0.2, 0.25) is 5.02 Å². The van der Waals surface area contributed by atoms with Gasteiger partial charge in [0.15, 0.2) is 0 Å². The molecule has 7 heteroatoms. The van der Waals surface area contributed by atoms with Gasteiger partial charge in [-0.25, -0.2) is 0 Å². The van der Waals surface area contributed by atoms with Crippen molar-refractivity contribution in [2.45, 2.75) is 32.9 Å². The van der Waals surface area contributed by atoms with E-state index >= 15 is 0 Å². The van der Waals surface area contributed by atoms with Crippen molar-refractivity contribution in [3.05, 3.63) is 76.9 Å². The molecule has 6 nitrogen and oxygen atoms in total. The number of nitrogens with zero attached hydrogens (tertiary/aromatic N) is 2. The van der Waals surface area contributed by atoms with Crippen LogP contribution in [0.3, 0.4) is 0 Å². The highest BCUT2D eigenvalue weighted by molar-refractivity contribution is 6.31. The van der Waals surface area contributed by atoms with E-state index in [1.807, 2.05) is 61.5 Å². The Balaban J connectivity index is 1.88. The van der Waals surface area contributed by atoms with Gasteiger partial charge in [0.2, 0.25) is 5.91 Å². The molecule has 30 heavy (non-hydrogen) atoms. The van der Waals surface area contributed by atoms with Gasteiger partial charge in [-0.2, -0.15) is 5.10 Å². The van der Waals surface area contributed by atoms with Gasteiger partial charge in [-0.3, -0.25) is 14.3 Å². The van der Waals surface area contributed by atoms with Crippen molar-refractivity contribution in [2.75, 3.05) is 6.54 Å². The van der Waals surface area contributed by atoms with Gasteiger partial charge in [-0.1, -0.05) is 67.1 Å². The second kappa shape index (κ2) is 10.1. The smallest absolute Gasteiger partial charge is 0.255 e. The molecule has 0 aliphatic heterocycles. The van der Waals surface area contributed by atoms with Gasteiger partial charge < -0.3 is 10.6 Å². The zero-order chi connectivity index (χ0) is 21.5. The van der Waals surface area contributed by atoms with Crippen LogP contribution in [0.15, 0.2) is 60.8 Å². The molecule has 1 aromatic heterocycles. The fourth-order valence-corrected chi connectivity index (χ4v) is 3.22. The second-order valence-corrected chi connectivity index (χ2v) is 7.44. The lowest BCUT2D eigenvalue weighted by atomic mass is 10.1. The van der Waals surface area contributed by atoms with Crippen LogP contribution in [0, 0.1) is 0 Å². The molecule has 2 amide bonds. The van der Waals surface area contributed by atoms with Crippen LogP contribution in [0.1, 0.15) is 36.2 Å². The van der Waals surface area contributed by atoms with Crippen LogP contribution in [-0.4, -0.2) is 34.2 Å². The number of rotatable bonds is 8. The van der Waals surface area contributed by atoms with Crippen LogP contribution < -0.4 is 10.6 Å². The molecule has 2 N–H and O–H groups in total. The third kappa shape index (κ3) is 5.27. The molecule has 0 spiro atoms. The van der Waals surface area contributed by atoms with Gasteiger partial charge >= 0.3 is 0 Å². The number of halogens is 1. The number of amides is 2. The second-order valence-electron chi connectivity index (χ2n) is 7.03. The summed E-state index contributed by atoms with van der Waals surface area (Å²) >= 11 is 6.28. The predicted molar refractivity (Wildman–Crippen MR) is 118 cm³/mol. The van der Waals surface area contributed by atoms with E-state index in [9.17, 15) is 9.59 Å². The first-order valence-corrected chi connectivity index (χ1v) is 10.3. The average molecular weight is 425 g/mol. The summed E-state index contributed by atoms with van der Waals surface area (Å²) in [5, 5.41) is 10.8. The molecule has 0 aliphatic rings. The molecule has 1 heterocycles. The number of aromatic nitrogens is 2. The van der Waals surface area contributed by atoms with Gasteiger partial charge in [0.25, 0.3) is 5.91 Å². The summed E-state index contributed by atoms with van der Waals surface area (Å²) in [5.74, 6) is -0.562. The van der Waals surface area contributed by atoms with Crippen molar-refractivity contribution in [2.24, 2.45) is 0 Å². The van der Waals surface area contributed by atoms with E-state index in [4.69, 9.17) is 11.6 Å². The zero-order valence-corrected chi connectivity index (χ0v) is 17.8. The fourth-order valence-electron chi connectivity index (χ4n) is 3.02. The quantitative estimate of drug-likeness (QED) is 0.575. The Kier molecular flexibility index (Phi) is 7.25. The van der Waals surface area contributed by atoms with E-state index in [2.05, 4.69) is 15.7 Å². The molecule has 1 atom stereocenters. The first kappa shape index (κ1) is 21.6. The van der Waals surface area contributed by atoms with Crippen molar-refractivity contribution < 1.29 is 9.59 Å². The van der Waals surface area contributed by atoms with Crippen molar-refractivity contribution in [1.29, 1.82) is 0 Å². The van der Waals surface area contributed by atoms with Gasteiger partial charge in [-0.05, 0) is 25.0 Å². The lowest BCUT2D eigenvalue weighted by Gasteiger charge is -2.13. The highest BCUT2D eigenvalue weighted by atomic mass is 35.5. The lowest BCUT2D eigenvalue weighted by Crippen LogP contribution is -2.45. The molecule has 0 radical (unpaired) electrons. The summed E-state index contributed by atoms with van der Waals surface area (Å²) in [7, 11) is 0. The molecule has 156 valence electrons. The Bertz CT molecular complexity index is 1020. The maximum atomic E-state index is 13.0. The first-order chi connectivity index (χ1) is 14.5. The number of carbonyl (C=O) groups is 2. The molecule has 0 bridgehead atoms. The maximum absolute atomic E-state index is 13.0. The van der Waals surface area contributed by atoms with Crippen LogP contribution in [0.25, 0.3) is 11.3 Å². The molecule has 0 fully saturated rings. The third-order valence-corrected chi connectivity index (χ3v) is 5.00. The lowest BCUT2D eigenvalue weighted by molar-refractivity contribution is -0.122. The fraction of sp³-hybridized carbons (Fsp3) is 0.261. The third-order valence-electron chi connectivity index (χ3n) is 4.63. The van der Waals surface area contributed by atoms with Crippen molar-refractivity contribution >= 4 is 23.4 Å². The highest BCUT2D eigenvalue weighted by Crippen LogP contribution is 2.23. The van der Waals surface area contributed by atoms with Gasteiger partial charge in [-0.15, -0.1) is 0 Å². The summed E-state index contributed by atoms with van der Waals surface area (Å²) in [4.78, 5) is 25.1. The van der Waals surface area contributed by atoms with Gasteiger partial charge in [0.1, 0.15) is 11.7 Å². The normalized spacial score (nSPS) is 11.7. The van der Waals surface area contributed by atoms with E-state index in [0.29, 0.717) is 29.4 Å². The van der Waals surface area contributed by atoms with Crippen LogP contribution in [0.5, 0.6) is 0 Å². The van der Waals surface area contributed by atoms with Crippen LogP contribution in [-0.2, 0) is 11.3 Å². The number of benzene rings is 2. The van der Waals surface area contributed by atoms with Crippen LogP contribution in [0.4, 0.5) is 0 Å². The monoisotopic (exact) mass is 424 g/mol. The Labute approximate surface area is 181 Å². The van der Waals surface area contributed by atoms with E-state index in [0.717, 1.165) is 17.5 Å². The van der Waals surface area contributed by atoms with Gasteiger partial charge in [0.05, 0.1) is 12.1 Å². The zero-order valence-electron chi connectivity index (χ0n) is 17.1. The number of carbonyl (C=O) groups excluding carboxylic acids is 2. The summed E-state index contributed by atoms with van der Waals surface area (Å²) in [6.07, 6.45) is 2.52. The van der Waals surface area contributed by atoms with E-state index in [1.54, 1.807) is 17.8 Å². The molecule has 0 saturated carbocycles. The summed E-state index contributed by atoms with van der Waals surface area (Å²) < 4.78 is 1.69. The minimum absolute atomic E-state index is 0.213. The van der Waals surface area contributed by atoms with E-state index in [-0.39, 0.29) is 11.8 Å². The number of hydrogen-bond donors (Lipinski definition) is 2. The molecule has 2 aromatic carbocycles. The predicted octanol–water partition coefficient (Wildman–Crippen LogP) is 3.90. The molecule has 0 unspecified atom stereocenters. The SMILES string of the molecule is CCCNC(=O)[C@@H](C)NC(=O)c1cn(Cc2ccccc2Cl)nc1-c1ccccc1. The molecular formula is C23H25ClN4O2. The van der Waals surface area contributed by atoms with E-state index < -0.39 is 6.04 Å². The summed E-state index contributed by atoms with van der Waals surface area (Å²) in [6, 6.07) is 16.4. The summed E-state index contributed by atoms with van der Waals surface area (Å²) in [6.45, 7) is 4.64. The minimum Gasteiger partial charge on any atom is -0.354 e. The minimum atomic E-state index is -0.653. The Hall–Kier alpha value is -3.12. The van der Waals surface area contributed by atoms with Crippen molar-refractivity contribution in [3.63, 3.8) is 0 Å². The van der Waals surface area contributed by atoms with Gasteiger partial charge in [0, 0.05) is 23.3 Å². The summed E-state index contributed by atoms with van der Waals surface area (Å²) in [5.41, 5.74) is 2.69. The van der Waals surface area contributed by atoms with Crippen molar-refractivity contribution in [1.82, 2.24) is 20.4 Å². The average Bonchev–Trinajstić information content (AvgIpc) is 3.18. The van der Waals surface area contributed by atoms with Crippen LogP contribution >= 0.6 is 11.6 Å².